The average Bonchev–Trinajstić information content (AvgIpc) is 2.44. The molecular weight excluding hydrogens is 108 g/mol. The van der Waals surface area contributed by atoms with Crippen LogP contribution < -0.4 is 0 Å². The molecular formula is C6H10Cl+. The van der Waals surface area contributed by atoms with Gasteiger partial charge in [-0.1, -0.05) is 0 Å². The Labute approximate surface area is 49.9 Å². The summed E-state index contributed by atoms with van der Waals surface area (Å²) in [5, 5.41) is 1.18. The number of halogens is 1. The van der Waals surface area contributed by atoms with Crippen LogP contribution >= 0.6 is 11.6 Å². The third-order valence-electron chi connectivity index (χ3n) is 1.36. The molecule has 0 spiro atoms. The molecule has 0 radical (unpaired) electrons. The number of hydrogen-bond acceptors (Lipinski definition) is 0. The van der Waals surface area contributed by atoms with Gasteiger partial charge in [-0.3, -0.25) is 0 Å². The normalized spacial score (nSPS) is 19.7. The van der Waals surface area contributed by atoms with Crippen LogP contribution in [0.2, 0.25) is 0 Å². The van der Waals surface area contributed by atoms with Crippen molar-refractivity contribution in [1.82, 2.24) is 0 Å². The van der Waals surface area contributed by atoms with Crippen molar-refractivity contribution >= 4 is 11.6 Å². The summed E-state index contributed by atoms with van der Waals surface area (Å²) in [6.07, 6.45) is 3.74. The Morgan fingerprint density at radius 1 is 1.71 bits per heavy atom. The SMILES string of the molecule is CC[C+](Cl)C1CC1. The Morgan fingerprint density at radius 3 is 2.43 bits per heavy atom. The molecule has 7 heavy (non-hydrogen) atoms. The van der Waals surface area contributed by atoms with E-state index in [1.54, 1.807) is 0 Å². The van der Waals surface area contributed by atoms with Gasteiger partial charge in [0.15, 0.2) is 0 Å². The van der Waals surface area contributed by atoms with Crippen LogP contribution in [0.15, 0.2) is 0 Å². The molecule has 0 aromatic heterocycles. The van der Waals surface area contributed by atoms with Crippen LogP contribution in [0.1, 0.15) is 26.2 Å². The lowest BCUT2D eigenvalue weighted by atomic mass is 10.2. The number of rotatable bonds is 2. The van der Waals surface area contributed by atoms with E-state index in [-0.39, 0.29) is 0 Å². The van der Waals surface area contributed by atoms with Gasteiger partial charge in [0.1, 0.15) is 23.9 Å². The van der Waals surface area contributed by atoms with Crippen LogP contribution in [0.3, 0.4) is 0 Å². The Bertz CT molecular complexity index is 57.2. The second-order valence-corrected chi connectivity index (χ2v) is 2.56. The fourth-order valence-electron chi connectivity index (χ4n) is 0.685. The molecule has 1 aliphatic rings. The molecule has 0 amide bonds. The monoisotopic (exact) mass is 117 g/mol. The molecule has 0 aromatic rings. The van der Waals surface area contributed by atoms with Crippen LogP contribution in [0, 0.1) is 11.3 Å². The summed E-state index contributed by atoms with van der Waals surface area (Å²) in [5.74, 6) is 0.798. The second kappa shape index (κ2) is 1.95. The summed E-state index contributed by atoms with van der Waals surface area (Å²) in [4.78, 5) is 0. The first-order chi connectivity index (χ1) is 3.34. The van der Waals surface area contributed by atoms with Gasteiger partial charge in [0.05, 0.1) is 0 Å². The molecule has 1 saturated carbocycles. The molecule has 1 heteroatoms. The van der Waals surface area contributed by atoms with Crippen molar-refractivity contribution < 1.29 is 0 Å². The van der Waals surface area contributed by atoms with Crippen molar-refractivity contribution in [3.05, 3.63) is 5.38 Å². The van der Waals surface area contributed by atoms with Gasteiger partial charge in [-0.15, -0.1) is 0 Å². The highest BCUT2D eigenvalue weighted by Gasteiger charge is 2.39. The highest BCUT2D eigenvalue weighted by Crippen LogP contribution is 2.41. The zero-order valence-corrected chi connectivity index (χ0v) is 5.33. The summed E-state index contributed by atoms with van der Waals surface area (Å²) < 4.78 is 0. The average molecular weight is 118 g/mol. The van der Waals surface area contributed by atoms with Gasteiger partial charge in [-0.25, -0.2) is 0 Å². The minimum atomic E-state index is 0.798. The maximum absolute atomic E-state index is 5.78. The van der Waals surface area contributed by atoms with Gasteiger partial charge in [0.2, 0.25) is 5.38 Å². The molecule has 1 rings (SSSR count). The molecule has 0 aliphatic heterocycles. The van der Waals surface area contributed by atoms with E-state index in [2.05, 4.69) is 6.92 Å². The molecule has 0 bridgehead atoms. The first-order valence-corrected chi connectivity index (χ1v) is 3.23. The van der Waals surface area contributed by atoms with E-state index in [0.717, 1.165) is 12.3 Å². The molecule has 0 N–H and O–H groups in total. The Hall–Kier alpha value is 0.160. The van der Waals surface area contributed by atoms with Crippen LogP contribution in [0.5, 0.6) is 0 Å². The Balaban J connectivity index is 2.10. The third kappa shape index (κ3) is 1.27. The topological polar surface area (TPSA) is 0 Å². The van der Waals surface area contributed by atoms with E-state index in [9.17, 15) is 0 Å². The predicted molar refractivity (Wildman–Crippen MR) is 32.1 cm³/mol. The van der Waals surface area contributed by atoms with E-state index in [1.165, 1.54) is 18.2 Å². The molecule has 1 fully saturated rings. The lowest BCUT2D eigenvalue weighted by Crippen LogP contribution is -1.84. The molecule has 0 unspecified atom stereocenters. The van der Waals surface area contributed by atoms with Gasteiger partial charge < -0.3 is 0 Å². The van der Waals surface area contributed by atoms with Gasteiger partial charge >= 0.3 is 0 Å². The third-order valence-corrected chi connectivity index (χ3v) is 1.93. The highest BCUT2D eigenvalue weighted by atomic mass is 35.5. The minimum absolute atomic E-state index is 0.798. The first-order valence-electron chi connectivity index (χ1n) is 2.85. The minimum Gasteiger partial charge on any atom is -0.0225 e. The van der Waals surface area contributed by atoms with Crippen molar-refractivity contribution in [2.45, 2.75) is 26.2 Å². The molecule has 0 atom stereocenters. The molecule has 0 aromatic carbocycles. The van der Waals surface area contributed by atoms with Crippen LogP contribution in [-0.4, -0.2) is 0 Å². The molecule has 0 heterocycles. The first kappa shape index (κ1) is 5.30. The summed E-state index contributed by atoms with van der Waals surface area (Å²) in [6.45, 7) is 2.11. The van der Waals surface area contributed by atoms with E-state index in [4.69, 9.17) is 11.6 Å². The fraction of sp³-hybridized carbons (Fsp3) is 0.833. The standard InChI is InChI=1S/C6H10Cl/c1-2-6(7)5-3-4-5/h5H,2-4H2,1H3/q+1. The van der Waals surface area contributed by atoms with Gasteiger partial charge in [-0.05, 0) is 19.8 Å². The smallest absolute Gasteiger partial charge is 0.0225 e. The van der Waals surface area contributed by atoms with Gasteiger partial charge in [0, 0.05) is 0 Å². The van der Waals surface area contributed by atoms with E-state index < -0.39 is 0 Å². The van der Waals surface area contributed by atoms with E-state index in [0.29, 0.717) is 0 Å². The number of hydrogen-bond donors (Lipinski definition) is 0. The lowest BCUT2D eigenvalue weighted by Gasteiger charge is -1.83. The van der Waals surface area contributed by atoms with Crippen molar-refractivity contribution in [1.29, 1.82) is 0 Å². The summed E-state index contributed by atoms with van der Waals surface area (Å²) in [5.41, 5.74) is 0. The zero-order chi connectivity index (χ0) is 5.28. The molecule has 40 valence electrons. The van der Waals surface area contributed by atoms with E-state index >= 15 is 0 Å². The van der Waals surface area contributed by atoms with Crippen molar-refractivity contribution in [2.75, 3.05) is 0 Å². The Morgan fingerprint density at radius 2 is 2.29 bits per heavy atom. The van der Waals surface area contributed by atoms with Gasteiger partial charge in [0.25, 0.3) is 0 Å². The van der Waals surface area contributed by atoms with E-state index in [1.807, 2.05) is 0 Å². The van der Waals surface area contributed by atoms with Crippen molar-refractivity contribution in [2.24, 2.45) is 5.92 Å². The molecule has 0 saturated heterocycles. The Kier molecular flexibility index (Phi) is 1.48. The van der Waals surface area contributed by atoms with Crippen molar-refractivity contribution in [3.63, 3.8) is 0 Å². The van der Waals surface area contributed by atoms with Gasteiger partial charge in [-0.2, -0.15) is 0 Å². The molecule has 0 nitrogen and oxygen atoms in total. The van der Waals surface area contributed by atoms with Crippen LogP contribution in [0.4, 0.5) is 0 Å². The lowest BCUT2D eigenvalue weighted by molar-refractivity contribution is 0.859. The quantitative estimate of drug-likeness (QED) is 0.488. The maximum atomic E-state index is 5.78. The second-order valence-electron chi connectivity index (χ2n) is 2.07. The highest BCUT2D eigenvalue weighted by molar-refractivity contribution is 6.27. The largest absolute Gasteiger partial charge is 0.202 e. The van der Waals surface area contributed by atoms with Crippen LogP contribution in [0.25, 0.3) is 0 Å². The zero-order valence-electron chi connectivity index (χ0n) is 4.58. The summed E-state index contributed by atoms with van der Waals surface area (Å²) >= 11 is 5.78. The van der Waals surface area contributed by atoms with Crippen molar-refractivity contribution in [3.8, 4) is 0 Å². The van der Waals surface area contributed by atoms with Crippen LogP contribution in [-0.2, 0) is 0 Å². The molecule has 1 aliphatic carbocycles. The summed E-state index contributed by atoms with van der Waals surface area (Å²) in [7, 11) is 0. The maximum Gasteiger partial charge on any atom is 0.202 e. The summed E-state index contributed by atoms with van der Waals surface area (Å²) in [6, 6.07) is 0. The predicted octanol–water partition coefficient (Wildman–Crippen LogP) is 2.58. The fourth-order valence-corrected chi connectivity index (χ4v) is 0.903.